The third-order valence-electron chi connectivity index (χ3n) is 3.97. The zero-order chi connectivity index (χ0) is 17.8. The van der Waals surface area contributed by atoms with Crippen LogP contribution >= 0.6 is 0 Å². The summed E-state index contributed by atoms with van der Waals surface area (Å²) in [5, 5.41) is 11.7. The van der Waals surface area contributed by atoms with Crippen molar-refractivity contribution in [2.75, 3.05) is 0 Å². The van der Waals surface area contributed by atoms with Crippen LogP contribution in [0.1, 0.15) is 35.6 Å². The molecule has 1 atom stereocenters. The molecule has 1 aromatic carbocycles. The highest BCUT2D eigenvalue weighted by Gasteiger charge is 2.12. The number of nitrogens with one attached hydrogen (secondary N) is 1. The van der Waals surface area contributed by atoms with Crippen LogP contribution in [0.2, 0.25) is 0 Å². The molecule has 0 radical (unpaired) electrons. The summed E-state index contributed by atoms with van der Waals surface area (Å²) in [6.45, 7) is 7.32. The molecule has 3 aromatic rings. The summed E-state index contributed by atoms with van der Waals surface area (Å²) in [4.78, 5) is 4.32. The van der Waals surface area contributed by atoms with Crippen LogP contribution in [0, 0.1) is 19.7 Å². The maximum Gasteiger partial charge on any atom is 0.240 e. The van der Waals surface area contributed by atoms with Crippen molar-refractivity contribution >= 4 is 0 Å². The van der Waals surface area contributed by atoms with Gasteiger partial charge in [0.15, 0.2) is 5.82 Å². The van der Waals surface area contributed by atoms with Gasteiger partial charge in [-0.25, -0.2) is 4.39 Å². The lowest BCUT2D eigenvalue weighted by atomic mass is 10.1. The molecule has 6 nitrogen and oxygen atoms in total. The van der Waals surface area contributed by atoms with Gasteiger partial charge < -0.3 is 9.84 Å². The van der Waals surface area contributed by atoms with Gasteiger partial charge in [0.25, 0.3) is 0 Å². The molecule has 0 spiro atoms. The molecule has 2 aromatic heterocycles. The molecule has 0 aliphatic heterocycles. The van der Waals surface area contributed by atoms with Gasteiger partial charge in [-0.2, -0.15) is 10.1 Å². The first-order valence-corrected chi connectivity index (χ1v) is 8.30. The number of nitrogens with zero attached hydrogens (tertiary/aromatic N) is 4. The lowest BCUT2D eigenvalue weighted by Gasteiger charge is -2.13. The zero-order valence-corrected chi connectivity index (χ0v) is 14.7. The van der Waals surface area contributed by atoms with E-state index in [2.05, 4.69) is 33.5 Å². The average Bonchev–Trinajstić information content (AvgIpc) is 3.14. The zero-order valence-electron chi connectivity index (χ0n) is 14.7. The van der Waals surface area contributed by atoms with E-state index in [1.165, 1.54) is 6.07 Å². The summed E-state index contributed by atoms with van der Waals surface area (Å²) in [6.07, 6.45) is 0.317. The van der Waals surface area contributed by atoms with Crippen molar-refractivity contribution in [2.45, 2.75) is 46.3 Å². The highest BCUT2D eigenvalue weighted by atomic mass is 19.1. The average molecular weight is 343 g/mol. The molecular formula is C18H22FN5O. The molecule has 132 valence electrons. The molecule has 0 fully saturated rings. The highest BCUT2D eigenvalue weighted by Crippen LogP contribution is 2.11. The van der Waals surface area contributed by atoms with Gasteiger partial charge in [0.05, 0.1) is 18.8 Å². The van der Waals surface area contributed by atoms with Crippen molar-refractivity contribution in [2.24, 2.45) is 0 Å². The summed E-state index contributed by atoms with van der Waals surface area (Å²) in [5.74, 6) is 0.713. The minimum absolute atomic E-state index is 0.194. The maximum absolute atomic E-state index is 13.7. The molecule has 0 unspecified atom stereocenters. The van der Waals surface area contributed by atoms with E-state index in [4.69, 9.17) is 4.52 Å². The number of halogens is 1. The minimum atomic E-state index is -0.259. The largest absolute Gasteiger partial charge is 0.338 e. The second-order valence-corrected chi connectivity index (χ2v) is 6.26. The molecule has 0 saturated heterocycles. The number of benzene rings is 1. The fourth-order valence-electron chi connectivity index (χ4n) is 2.69. The van der Waals surface area contributed by atoms with Gasteiger partial charge >= 0.3 is 0 Å². The normalized spacial score (nSPS) is 12.5. The summed E-state index contributed by atoms with van der Waals surface area (Å²) in [6, 6.07) is 8.86. The van der Waals surface area contributed by atoms with E-state index in [-0.39, 0.29) is 11.9 Å². The topological polar surface area (TPSA) is 68.8 Å². The molecule has 0 saturated carbocycles. The molecule has 0 amide bonds. The van der Waals surface area contributed by atoms with Crippen molar-refractivity contribution in [3.8, 4) is 0 Å². The van der Waals surface area contributed by atoms with Gasteiger partial charge in [-0.15, -0.1) is 0 Å². The van der Waals surface area contributed by atoms with Crippen molar-refractivity contribution in [1.29, 1.82) is 0 Å². The summed E-state index contributed by atoms with van der Waals surface area (Å²) in [7, 11) is 0. The molecule has 7 heteroatoms. The summed E-state index contributed by atoms with van der Waals surface area (Å²) < 4.78 is 20.9. The van der Waals surface area contributed by atoms with Crippen LogP contribution in [0.5, 0.6) is 0 Å². The molecule has 0 bridgehead atoms. The Bertz CT molecular complexity index is 842. The van der Waals surface area contributed by atoms with Gasteiger partial charge in [0.2, 0.25) is 5.89 Å². The Morgan fingerprint density at radius 3 is 2.80 bits per heavy atom. The quantitative estimate of drug-likeness (QED) is 0.714. The summed E-state index contributed by atoms with van der Waals surface area (Å²) >= 11 is 0. The Morgan fingerprint density at radius 1 is 1.28 bits per heavy atom. The lowest BCUT2D eigenvalue weighted by molar-refractivity contribution is 0.347. The first-order valence-electron chi connectivity index (χ1n) is 8.30. The van der Waals surface area contributed by atoms with E-state index in [0.29, 0.717) is 30.2 Å². The van der Waals surface area contributed by atoms with Crippen molar-refractivity contribution in [3.05, 3.63) is 64.8 Å². The Hall–Kier alpha value is -2.54. The van der Waals surface area contributed by atoms with Gasteiger partial charge in [-0.05, 0) is 38.5 Å². The number of hydrogen-bond donors (Lipinski definition) is 1. The third kappa shape index (κ3) is 4.51. The SMILES string of the molecule is Cc1cc(C)n(C[C@@H](C)NCc2nc(Cc3ccccc3F)no2)n1. The van der Waals surface area contributed by atoms with Crippen molar-refractivity contribution < 1.29 is 8.91 Å². The standard InChI is InChI=1S/C18H22FN5O/c1-12-8-14(3)24(22-12)11-13(2)20-10-18-21-17(23-25-18)9-15-6-4-5-7-16(15)19/h4-8,13,20H,9-11H2,1-3H3/t13-/m1/s1. The van der Waals surface area contributed by atoms with E-state index < -0.39 is 0 Å². The Balaban J connectivity index is 1.53. The van der Waals surface area contributed by atoms with Crippen molar-refractivity contribution in [1.82, 2.24) is 25.2 Å². The molecular weight excluding hydrogens is 321 g/mol. The molecule has 25 heavy (non-hydrogen) atoms. The second kappa shape index (κ2) is 7.57. The van der Waals surface area contributed by atoms with Gasteiger partial charge in [0.1, 0.15) is 5.82 Å². The van der Waals surface area contributed by atoms with Gasteiger partial charge in [-0.3, -0.25) is 4.68 Å². The first-order chi connectivity index (χ1) is 12.0. The number of rotatable bonds is 7. The monoisotopic (exact) mass is 343 g/mol. The van der Waals surface area contributed by atoms with Crippen LogP contribution in [0.15, 0.2) is 34.9 Å². The predicted molar refractivity (Wildman–Crippen MR) is 91.5 cm³/mol. The molecule has 0 aliphatic carbocycles. The molecule has 2 heterocycles. The Kier molecular flexibility index (Phi) is 5.23. The third-order valence-corrected chi connectivity index (χ3v) is 3.97. The van der Waals surface area contributed by atoms with E-state index in [0.717, 1.165) is 17.9 Å². The van der Waals surface area contributed by atoms with Crippen molar-refractivity contribution in [3.63, 3.8) is 0 Å². The van der Waals surface area contributed by atoms with E-state index in [1.807, 2.05) is 18.5 Å². The van der Waals surface area contributed by atoms with E-state index >= 15 is 0 Å². The van der Waals surface area contributed by atoms with Crippen LogP contribution in [-0.4, -0.2) is 26.0 Å². The summed E-state index contributed by atoms with van der Waals surface area (Å²) in [5.41, 5.74) is 2.70. The fourth-order valence-corrected chi connectivity index (χ4v) is 2.69. The smallest absolute Gasteiger partial charge is 0.240 e. The second-order valence-electron chi connectivity index (χ2n) is 6.26. The fraction of sp³-hybridized carbons (Fsp3) is 0.389. The first kappa shape index (κ1) is 17.3. The lowest BCUT2D eigenvalue weighted by Crippen LogP contribution is -2.30. The Labute approximate surface area is 146 Å². The molecule has 3 rings (SSSR count). The number of aromatic nitrogens is 4. The van der Waals surface area contributed by atoms with Crippen LogP contribution in [0.3, 0.4) is 0 Å². The van der Waals surface area contributed by atoms with Gasteiger partial charge in [0, 0.05) is 18.2 Å². The van der Waals surface area contributed by atoms with E-state index in [9.17, 15) is 4.39 Å². The van der Waals surface area contributed by atoms with Crippen LogP contribution < -0.4 is 5.32 Å². The Morgan fingerprint density at radius 2 is 2.08 bits per heavy atom. The maximum atomic E-state index is 13.7. The minimum Gasteiger partial charge on any atom is -0.338 e. The van der Waals surface area contributed by atoms with Crippen LogP contribution in [0.4, 0.5) is 4.39 Å². The van der Waals surface area contributed by atoms with Crippen LogP contribution in [0.25, 0.3) is 0 Å². The number of hydrogen-bond acceptors (Lipinski definition) is 5. The van der Waals surface area contributed by atoms with Gasteiger partial charge in [-0.1, -0.05) is 23.4 Å². The number of aryl methyl sites for hydroxylation is 2. The van der Waals surface area contributed by atoms with Crippen LogP contribution in [-0.2, 0) is 19.5 Å². The van der Waals surface area contributed by atoms with E-state index in [1.54, 1.807) is 18.2 Å². The molecule has 0 aliphatic rings. The predicted octanol–water partition coefficient (Wildman–Crippen LogP) is 2.79. The highest BCUT2D eigenvalue weighted by molar-refractivity contribution is 5.20. The molecule has 1 N–H and O–H groups in total.